The van der Waals surface area contributed by atoms with Gasteiger partial charge in [0, 0.05) is 5.69 Å². The van der Waals surface area contributed by atoms with Gasteiger partial charge in [-0.2, -0.15) is 5.26 Å². The van der Waals surface area contributed by atoms with Crippen molar-refractivity contribution in [3.05, 3.63) is 77.3 Å². The summed E-state index contributed by atoms with van der Waals surface area (Å²) in [5, 5.41) is 12.3. The number of halogens is 1. The third-order valence-electron chi connectivity index (χ3n) is 5.59. The van der Waals surface area contributed by atoms with Gasteiger partial charge < -0.3 is 14.8 Å². The highest BCUT2D eigenvalue weighted by Gasteiger charge is 2.44. The van der Waals surface area contributed by atoms with Crippen molar-refractivity contribution in [1.29, 1.82) is 5.26 Å². The van der Waals surface area contributed by atoms with Crippen molar-refractivity contribution in [3.63, 3.8) is 0 Å². The number of hydrogen-bond donors (Lipinski definition) is 2. The van der Waals surface area contributed by atoms with E-state index in [1.807, 2.05) is 12.1 Å². The first-order valence-electron chi connectivity index (χ1n) is 10.7. The van der Waals surface area contributed by atoms with Gasteiger partial charge in [-0.1, -0.05) is 23.7 Å². The number of hydrogen-bond acceptors (Lipinski definition) is 6. The van der Waals surface area contributed by atoms with Gasteiger partial charge in [0.1, 0.15) is 11.5 Å². The molecular formula is C25H22ClN3O5S. The molecule has 0 saturated heterocycles. The number of carbonyl (C=O) groups excluding carboxylic acids is 1. The molecular weight excluding hydrogens is 490 g/mol. The molecule has 3 aromatic carbocycles. The minimum Gasteiger partial charge on any atom is -0.495 e. The summed E-state index contributed by atoms with van der Waals surface area (Å²) in [4.78, 5) is 12.2. The number of nitrogens with zero attached hydrogens (tertiary/aromatic N) is 1. The van der Waals surface area contributed by atoms with Crippen molar-refractivity contribution >= 4 is 38.9 Å². The van der Waals surface area contributed by atoms with Crippen LogP contribution in [0.1, 0.15) is 18.4 Å². The molecule has 0 bridgehead atoms. The van der Waals surface area contributed by atoms with E-state index in [2.05, 4.69) is 16.1 Å². The van der Waals surface area contributed by atoms with Gasteiger partial charge in [0.15, 0.2) is 6.61 Å². The fraction of sp³-hybridized carbons (Fsp3) is 0.200. The van der Waals surface area contributed by atoms with Crippen molar-refractivity contribution in [1.82, 2.24) is 0 Å². The fourth-order valence-corrected chi connectivity index (χ4v) is 4.77. The Hall–Kier alpha value is -3.74. The molecule has 3 aromatic rings. The van der Waals surface area contributed by atoms with Gasteiger partial charge in [-0.25, -0.2) is 8.42 Å². The maximum Gasteiger partial charge on any atom is 0.262 e. The average Bonchev–Trinajstić information content (AvgIpc) is 3.65. The third-order valence-corrected chi connectivity index (χ3v) is 7.29. The predicted octanol–water partition coefficient (Wildman–Crippen LogP) is 4.72. The Morgan fingerprint density at radius 3 is 2.29 bits per heavy atom. The summed E-state index contributed by atoms with van der Waals surface area (Å²) in [6.45, 7) is -0.251. The van der Waals surface area contributed by atoms with Gasteiger partial charge >= 0.3 is 0 Å². The molecule has 0 radical (unpaired) electrons. The van der Waals surface area contributed by atoms with Crippen molar-refractivity contribution in [2.24, 2.45) is 0 Å². The summed E-state index contributed by atoms with van der Waals surface area (Å²) in [6, 6.07) is 19.8. The summed E-state index contributed by atoms with van der Waals surface area (Å²) in [7, 11) is -2.39. The average molecular weight is 512 g/mol. The van der Waals surface area contributed by atoms with E-state index >= 15 is 0 Å². The summed E-state index contributed by atoms with van der Waals surface area (Å²) < 4.78 is 38.3. The number of amides is 1. The Labute approximate surface area is 208 Å². The molecule has 180 valence electrons. The number of nitrogens with one attached hydrogen (secondary N) is 2. The molecule has 8 nitrogen and oxygen atoms in total. The van der Waals surface area contributed by atoms with Crippen LogP contribution in [0.15, 0.2) is 71.6 Å². The highest BCUT2D eigenvalue weighted by Crippen LogP contribution is 2.47. The number of carbonyl (C=O) groups is 1. The summed E-state index contributed by atoms with van der Waals surface area (Å²) in [5.41, 5.74) is 1.47. The Bertz CT molecular complexity index is 1380. The van der Waals surface area contributed by atoms with Crippen LogP contribution in [-0.4, -0.2) is 28.0 Å². The van der Waals surface area contributed by atoms with E-state index in [-0.39, 0.29) is 27.8 Å². The Balaban J connectivity index is 1.31. The van der Waals surface area contributed by atoms with Gasteiger partial charge in [-0.3, -0.25) is 9.52 Å². The standard InChI is InChI=1S/C25H22ClN3O5S/c1-33-23-11-6-19(14-22(23)26)29-35(31,32)21-9-7-20(8-10-21)34-15-24(30)28-18-4-2-17(3-5-18)25(16-27)12-13-25/h2-11,14,29H,12-13,15H2,1H3,(H,28,30). The zero-order chi connectivity index (χ0) is 25.1. The molecule has 35 heavy (non-hydrogen) atoms. The maximum absolute atomic E-state index is 12.6. The number of anilines is 2. The van der Waals surface area contributed by atoms with E-state index < -0.39 is 10.0 Å². The van der Waals surface area contributed by atoms with E-state index in [0.717, 1.165) is 18.4 Å². The van der Waals surface area contributed by atoms with E-state index in [1.54, 1.807) is 24.3 Å². The summed E-state index contributed by atoms with van der Waals surface area (Å²) in [6.07, 6.45) is 1.71. The largest absolute Gasteiger partial charge is 0.495 e. The van der Waals surface area contributed by atoms with Gasteiger partial charge in [-0.05, 0) is 73.0 Å². The van der Waals surface area contributed by atoms with E-state index in [4.69, 9.17) is 21.1 Å². The third kappa shape index (κ3) is 5.67. The molecule has 1 saturated carbocycles. The zero-order valence-electron chi connectivity index (χ0n) is 18.7. The van der Waals surface area contributed by atoms with E-state index in [9.17, 15) is 18.5 Å². The monoisotopic (exact) mass is 511 g/mol. The van der Waals surface area contributed by atoms with Crippen LogP contribution in [0, 0.1) is 11.3 Å². The predicted molar refractivity (Wildman–Crippen MR) is 132 cm³/mol. The van der Waals surface area contributed by atoms with Crippen LogP contribution in [0.3, 0.4) is 0 Å². The fourth-order valence-electron chi connectivity index (χ4n) is 3.47. The summed E-state index contributed by atoms with van der Waals surface area (Å²) >= 11 is 6.05. The summed E-state index contributed by atoms with van der Waals surface area (Å²) in [5.74, 6) is 0.406. The quantitative estimate of drug-likeness (QED) is 0.429. The molecule has 1 amide bonds. The first-order chi connectivity index (χ1) is 16.7. The first kappa shape index (κ1) is 24.4. The van der Waals surface area contributed by atoms with Crippen molar-refractivity contribution in [3.8, 4) is 17.6 Å². The lowest BCUT2D eigenvalue weighted by Gasteiger charge is -2.11. The molecule has 0 atom stereocenters. The molecule has 1 aliphatic carbocycles. The molecule has 0 heterocycles. The smallest absolute Gasteiger partial charge is 0.262 e. The lowest BCUT2D eigenvalue weighted by Crippen LogP contribution is -2.20. The van der Waals surface area contributed by atoms with Crippen LogP contribution in [0.25, 0.3) is 0 Å². The molecule has 0 unspecified atom stereocenters. The van der Waals surface area contributed by atoms with Crippen LogP contribution in [0.4, 0.5) is 11.4 Å². The molecule has 2 N–H and O–H groups in total. The number of ether oxygens (including phenoxy) is 2. The molecule has 10 heteroatoms. The lowest BCUT2D eigenvalue weighted by molar-refractivity contribution is -0.118. The van der Waals surface area contributed by atoms with Gasteiger partial charge in [0.25, 0.3) is 15.9 Å². The van der Waals surface area contributed by atoms with Gasteiger partial charge in [0.05, 0.1) is 34.2 Å². The SMILES string of the molecule is COc1ccc(NS(=O)(=O)c2ccc(OCC(=O)Nc3ccc(C4(C#N)CC4)cc3)cc2)cc1Cl. The molecule has 0 spiro atoms. The Kier molecular flexibility index (Phi) is 6.87. The zero-order valence-corrected chi connectivity index (χ0v) is 20.3. The van der Waals surface area contributed by atoms with Crippen molar-refractivity contribution in [2.45, 2.75) is 23.2 Å². The van der Waals surface area contributed by atoms with E-state index in [1.165, 1.54) is 37.4 Å². The number of nitriles is 1. The number of benzene rings is 3. The molecule has 4 rings (SSSR count). The van der Waals surface area contributed by atoms with Crippen molar-refractivity contribution in [2.75, 3.05) is 23.8 Å². The maximum atomic E-state index is 12.6. The van der Waals surface area contributed by atoms with Crippen LogP contribution in [0.2, 0.25) is 5.02 Å². The molecule has 1 fully saturated rings. The normalized spacial score (nSPS) is 13.9. The van der Waals surface area contributed by atoms with Crippen LogP contribution in [0.5, 0.6) is 11.5 Å². The second kappa shape index (κ2) is 9.86. The molecule has 0 aromatic heterocycles. The number of sulfonamides is 1. The van der Waals surface area contributed by atoms with E-state index in [0.29, 0.717) is 22.9 Å². The van der Waals surface area contributed by atoms with Crippen molar-refractivity contribution < 1.29 is 22.7 Å². The molecule has 1 aliphatic rings. The Morgan fingerprint density at radius 2 is 1.71 bits per heavy atom. The minimum atomic E-state index is -3.85. The second-order valence-corrected chi connectivity index (χ2v) is 10.1. The van der Waals surface area contributed by atoms with Crippen LogP contribution >= 0.6 is 11.6 Å². The first-order valence-corrected chi connectivity index (χ1v) is 12.5. The van der Waals surface area contributed by atoms with Gasteiger partial charge in [-0.15, -0.1) is 0 Å². The van der Waals surface area contributed by atoms with Crippen LogP contribution < -0.4 is 19.5 Å². The second-order valence-electron chi connectivity index (χ2n) is 8.03. The highest BCUT2D eigenvalue weighted by molar-refractivity contribution is 7.92. The van der Waals surface area contributed by atoms with Gasteiger partial charge in [0.2, 0.25) is 0 Å². The van der Waals surface area contributed by atoms with Crippen LogP contribution in [-0.2, 0) is 20.2 Å². The Morgan fingerprint density at radius 1 is 1.06 bits per heavy atom. The number of methoxy groups -OCH3 is 1. The molecule has 0 aliphatic heterocycles. The minimum absolute atomic E-state index is 0.0205. The lowest BCUT2D eigenvalue weighted by atomic mass is 9.98. The highest BCUT2D eigenvalue weighted by atomic mass is 35.5. The number of rotatable bonds is 9. The topological polar surface area (TPSA) is 118 Å².